The molecule has 2 aromatic carbocycles. The summed E-state index contributed by atoms with van der Waals surface area (Å²) in [6.45, 7) is 0.370. The summed E-state index contributed by atoms with van der Waals surface area (Å²) < 4.78 is 13.9. The molecule has 1 aromatic heterocycles. The van der Waals surface area contributed by atoms with Crippen molar-refractivity contribution < 1.29 is 14.1 Å². The van der Waals surface area contributed by atoms with E-state index in [9.17, 15) is 18.9 Å². The van der Waals surface area contributed by atoms with E-state index in [0.29, 0.717) is 26.8 Å². The number of rotatable bonds is 4. The number of halogens is 1. The zero-order chi connectivity index (χ0) is 18.1. The molecule has 3 aromatic rings. The van der Waals surface area contributed by atoms with Crippen molar-refractivity contribution in [1.82, 2.24) is 4.57 Å². The Labute approximate surface area is 154 Å². The van der Waals surface area contributed by atoms with Crippen LogP contribution in [-0.4, -0.2) is 21.0 Å². The van der Waals surface area contributed by atoms with Gasteiger partial charge in [-0.05, 0) is 35.9 Å². The van der Waals surface area contributed by atoms with E-state index in [-0.39, 0.29) is 5.56 Å². The van der Waals surface area contributed by atoms with Gasteiger partial charge in [-0.15, -0.1) is 0 Å². The molecule has 0 amide bonds. The van der Waals surface area contributed by atoms with Crippen LogP contribution in [0.1, 0.15) is 15.9 Å². The van der Waals surface area contributed by atoms with E-state index in [1.807, 2.05) is 12.1 Å². The third-order valence-electron chi connectivity index (χ3n) is 3.87. The maximum atomic E-state index is 12.4. The summed E-state index contributed by atoms with van der Waals surface area (Å²) >= 11 is 3.30. The maximum absolute atomic E-state index is 12.4. The van der Waals surface area contributed by atoms with Crippen molar-refractivity contribution in [2.75, 3.05) is 6.26 Å². The zero-order valence-electron chi connectivity index (χ0n) is 13.2. The molecule has 0 aliphatic carbocycles. The van der Waals surface area contributed by atoms with Crippen molar-refractivity contribution in [3.63, 3.8) is 0 Å². The highest BCUT2D eigenvalue weighted by molar-refractivity contribution is 9.10. The zero-order valence-corrected chi connectivity index (χ0v) is 15.6. The van der Waals surface area contributed by atoms with Crippen LogP contribution in [0.25, 0.3) is 10.9 Å². The minimum atomic E-state index is -1.50. The molecule has 0 radical (unpaired) electrons. The third-order valence-corrected chi connectivity index (χ3v) is 5.30. The Morgan fingerprint density at radius 1 is 1.20 bits per heavy atom. The van der Waals surface area contributed by atoms with Crippen molar-refractivity contribution in [3.8, 4) is 0 Å². The van der Waals surface area contributed by atoms with Gasteiger partial charge in [-0.3, -0.25) is 9.00 Å². The molecule has 7 heteroatoms. The third kappa shape index (κ3) is 3.57. The van der Waals surface area contributed by atoms with Gasteiger partial charge in [0.05, 0.1) is 17.0 Å². The SMILES string of the molecule is CS(=O)c1ccc(Cn2cc(C(=O)[O-])c(=O)c3cc(Br)ccc32)cc1. The molecule has 0 aliphatic heterocycles. The minimum absolute atomic E-state index is 0.308. The summed E-state index contributed by atoms with van der Waals surface area (Å²) in [6.07, 6.45) is 2.91. The summed E-state index contributed by atoms with van der Waals surface area (Å²) in [5.41, 5.74) is 0.578. The first kappa shape index (κ1) is 17.6. The molecule has 1 unspecified atom stereocenters. The van der Waals surface area contributed by atoms with Crippen LogP contribution >= 0.6 is 15.9 Å². The molecule has 128 valence electrons. The standard InChI is InChI=1S/C18H14BrNO4S/c1-25(24)13-5-2-11(3-6-13)9-20-10-15(18(22)23)17(21)14-8-12(19)4-7-16(14)20/h2-8,10H,9H2,1H3,(H,22,23)/p-1. The van der Waals surface area contributed by atoms with Gasteiger partial charge in [0.25, 0.3) is 0 Å². The Morgan fingerprint density at radius 2 is 1.88 bits per heavy atom. The Hall–Kier alpha value is -2.25. The fourth-order valence-electron chi connectivity index (χ4n) is 2.63. The lowest BCUT2D eigenvalue weighted by Crippen LogP contribution is -2.30. The molecule has 0 spiro atoms. The Balaban J connectivity index is 2.14. The lowest BCUT2D eigenvalue weighted by atomic mass is 10.1. The molecule has 5 nitrogen and oxygen atoms in total. The van der Waals surface area contributed by atoms with Gasteiger partial charge in [-0.25, -0.2) is 0 Å². The average Bonchev–Trinajstić information content (AvgIpc) is 2.57. The highest BCUT2D eigenvalue weighted by Crippen LogP contribution is 2.19. The smallest absolute Gasteiger partial charge is 0.198 e. The normalized spacial score (nSPS) is 12.2. The Morgan fingerprint density at radius 3 is 2.48 bits per heavy atom. The number of hydrogen-bond acceptors (Lipinski definition) is 4. The van der Waals surface area contributed by atoms with Gasteiger partial charge in [0.1, 0.15) is 0 Å². The first-order chi connectivity index (χ1) is 11.9. The number of carbonyl (C=O) groups is 1. The lowest BCUT2D eigenvalue weighted by Gasteiger charge is -2.14. The van der Waals surface area contributed by atoms with Gasteiger partial charge in [-0.2, -0.15) is 0 Å². The van der Waals surface area contributed by atoms with E-state index >= 15 is 0 Å². The molecule has 0 saturated carbocycles. The monoisotopic (exact) mass is 418 g/mol. The van der Waals surface area contributed by atoms with Crippen LogP contribution in [0.2, 0.25) is 0 Å². The second-order valence-corrected chi connectivity index (χ2v) is 7.84. The summed E-state index contributed by atoms with van der Waals surface area (Å²) in [5, 5.41) is 11.6. The number of nitrogens with zero attached hydrogens (tertiary/aromatic N) is 1. The second kappa shape index (κ2) is 6.93. The molecule has 0 saturated heterocycles. The molecule has 0 bridgehead atoms. The van der Waals surface area contributed by atoms with Crippen molar-refractivity contribution in [1.29, 1.82) is 0 Å². The van der Waals surface area contributed by atoms with Gasteiger partial charge in [0, 0.05) is 44.6 Å². The number of aromatic carboxylic acids is 1. The summed E-state index contributed by atoms with van der Waals surface area (Å²) in [7, 11) is -1.06. The maximum Gasteiger partial charge on any atom is 0.198 e. The quantitative estimate of drug-likeness (QED) is 0.647. The predicted octanol–water partition coefficient (Wildman–Crippen LogP) is 1.91. The van der Waals surface area contributed by atoms with Crippen molar-refractivity contribution in [2.45, 2.75) is 11.4 Å². The molecular weight excluding hydrogens is 406 g/mol. The number of fused-ring (bicyclic) bond motifs is 1. The fourth-order valence-corrected chi connectivity index (χ4v) is 3.51. The van der Waals surface area contributed by atoms with Gasteiger partial charge in [0.15, 0.2) is 5.43 Å². The van der Waals surface area contributed by atoms with Gasteiger partial charge < -0.3 is 14.5 Å². The van der Waals surface area contributed by atoms with Crippen LogP contribution < -0.4 is 10.5 Å². The lowest BCUT2D eigenvalue weighted by molar-refractivity contribution is -0.255. The van der Waals surface area contributed by atoms with Crippen LogP contribution in [0.5, 0.6) is 0 Å². The second-order valence-electron chi connectivity index (χ2n) is 5.55. The molecule has 1 heterocycles. The average molecular weight is 419 g/mol. The van der Waals surface area contributed by atoms with Crippen LogP contribution in [0.3, 0.4) is 0 Å². The molecular formula is C18H13BrNO4S-. The van der Waals surface area contributed by atoms with E-state index in [2.05, 4.69) is 15.9 Å². The predicted molar refractivity (Wildman–Crippen MR) is 98.1 cm³/mol. The van der Waals surface area contributed by atoms with E-state index in [1.165, 1.54) is 6.20 Å². The fraction of sp³-hybridized carbons (Fsp3) is 0.111. The summed E-state index contributed by atoms with van der Waals surface area (Å²) in [6, 6.07) is 12.4. The van der Waals surface area contributed by atoms with Gasteiger partial charge in [-0.1, -0.05) is 28.1 Å². The number of carboxylic acids is 1. The molecule has 1 atom stereocenters. The van der Waals surface area contributed by atoms with Crippen molar-refractivity contribution in [2.24, 2.45) is 0 Å². The van der Waals surface area contributed by atoms with Crippen LogP contribution in [-0.2, 0) is 17.3 Å². The summed E-state index contributed by atoms with van der Waals surface area (Å²) in [5.74, 6) is -1.50. The van der Waals surface area contributed by atoms with Gasteiger partial charge in [0.2, 0.25) is 0 Å². The number of hydrogen-bond donors (Lipinski definition) is 0. The highest BCUT2D eigenvalue weighted by atomic mass is 79.9. The number of aromatic nitrogens is 1. The van der Waals surface area contributed by atoms with Crippen LogP contribution in [0.15, 0.2) is 62.8 Å². The Kier molecular flexibility index (Phi) is 4.87. The highest BCUT2D eigenvalue weighted by Gasteiger charge is 2.11. The molecule has 0 aliphatic rings. The van der Waals surface area contributed by atoms with E-state index in [1.54, 1.807) is 41.2 Å². The minimum Gasteiger partial charge on any atom is -0.545 e. The largest absolute Gasteiger partial charge is 0.545 e. The van der Waals surface area contributed by atoms with Crippen LogP contribution in [0, 0.1) is 0 Å². The molecule has 25 heavy (non-hydrogen) atoms. The van der Waals surface area contributed by atoms with Crippen molar-refractivity contribution in [3.05, 3.63) is 74.5 Å². The van der Waals surface area contributed by atoms with Gasteiger partial charge >= 0.3 is 0 Å². The Bertz CT molecular complexity index is 1060. The first-order valence-electron chi connectivity index (χ1n) is 7.33. The first-order valence-corrected chi connectivity index (χ1v) is 9.68. The molecule has 0 fully saturated rings. The number of benzene rings is 2. The molecule has 3 rings (SSSR count). The van der Waals surface area contributed by atoms with Crippen molar-refractivity contribution >= 4 is 43.6 Å². The van der Waals surface area contributed by atoms with Crippen LogP contribution in [0.4, 0.5) is 0 Å². The number of pyridine rings is 1. The topological polar surface area (TPSA) is 79.2 Å². The van der Waals surface area contributed by atoms with E-state index in [0.717, 1.165) is 5.56 Å². The summed E-state index contributed by atoms with van der Waals surface area (Å²) in [4.78, 5) is 24.4. The van der Waals surface area contributed by atoms with E-state index < -0.39 is 22.2 Å². The number of carbonyl (C=O) groups excluding carboxylic acids is 1. The van der Waals surface area contributed by atoms with E-state index in [4.69, 9.17) is 0 Å². The number of carboxylic acid groups (broad SMARTS) is 1. The molecule has 0 N–H and O–H groups in total.